The van der Waals surface area contributed by atoms with Crippen LogP contribution in [0.1, 0.15) is 30.4 Å². The minimum absolute atomic E-state index is 0.229. The molecular weight excluding hydrogens is 477 g/mol. The number of rotatable bonds is 8. The van der Waals surface area contributed by atoms with E-state index in [1.165, 1.54) is 31.4 Å². The maximum Gasteiger partial charge on any atom is 0.573 e. The smallest absolute Gasteiger partial charge is 0.492 e. The Morgan fingerprint density at radius 1 is 0.811 bits per heavy atom. The molecule has 2 heterocycles. The molecule has 0 radical (unpaired) electrons. The van der Waals surface area contributed by atoms with E-state index in [4.69, 9.17) is 4.74 Å². The van der Waals surface area contributed by atoms with Crippen LogP contribution in [0.4, 0.5) is 13.2 Å². The van der Waals surface area contributed by atoms with Gasteiger partial charge in [-0.05, 0) is 92.0 Å². The third-order valence-corrected chi connectivity index (χ3v) is 6.97. The van der Waals surface area contributed by atoms with Crippen LogP contribution in [-0.2, 0) is 6.54 Å². The third kappa shape index (κ3) is 6.10. The number of hydrogen-bond donors (Lipinski definition) is 0. The average Bonchev–Trinajstić information content (AvgIpc) is 3.17. The molecule has 0 aliphatic carbocycles. The molecule has 3 aromatic carbocycles. The van der Waals surface area contributed by atoms with Gasteiger partial charge in [-0.15, -0.1) is 13.2 Å². The van der Waals surface area contributed by atoms with Gasteiger partial charge < -0.3 is 14.0 Å². The summed E-state index contributed by atoms with van der Waals surface area (Å²) in [6.07, 6.45) is -0.838. The van der Waals surface area contributed by atoms with Crippen LogP contribution in [0.5, 0.6) is 11.5 Å². The van der Waals surface area contributed by atoms with E-state index in [0.717, 1.165) is 58.7 Å². The first kappa shape index (κ1) is 25.2. The monoisotopic (exact) mass is 508 g/mol. The molecule has 0 bridgehead atoms. The number of hydrogen-bond acceptors (Lipinski definition) is 3. The maximum atomic E-state index is 12.6. The van der Waals surface area contributed by atoms with Gasteiger partial charge in [0, 0.05) is 24.0 Å². The van der Waals surface area contributed by atoms with Crippen LogP contribution in [0, 0.1) is 6.92 Å². The van der Waals surface area contributed by atoms with Gasteiger partial charge in [-0.25, -0.2) is 0 Å². The largest absolute Gasteiger partial charge is 0.573 e. The summed E-state index contributed by atoms with van der Waals surface area (Å²) in [5, 5.41) is 1.12. The Bertz CT molecular complexity index is 1320. The van der Waals surface area contributed by atoms with Crippen LogP contribution in [0.15, 0.2) is 72.8 Å². The van der Waals surface area contributed by atoms with Crippen LogP contribution in [0.25, 0.3) is 22.2 Å². The highest BCUT2D eigenvalue weighted by Gasteiger charge is 2.31. The lowest BCUT2D eigenvalue weighted by atomic mass is 10.1. The van der Waals surface area contributed by atoms with Crippen molar-refractivity contribution in [2.75, 3.05) is 26.2 Å². The van der Waals surface area contributed by atoms with Gasteiger partial charge >= 0.3 is 6.36 Å². The Morgan fingerprint density at radius 2 is 1.49 bits per heavy atom. The van der Waals surface area contributed by atoms with Crippen LogP contribution < -0.4 is 9.47 Å². The van der Waals surface area contributed by atoms with Gasteiger partial charge in [0.05, 0.1) is 5.69 Å². The molecule has 194 valence electrons. The number of alkyl halides is 3. The fourth-order valence-electron chi connectivity index (χ4n) is 5.18. The van der Waals surface area contributed by atoms with E-state index >= 15 is 0 Å². The maximum absolute atomic E-state index is 12.6. The molecule has 0 spiro atoms. The van der Waals surface area contributed by atoms with Crippen LogP contribution in [0.3, 0.4) is 0 Å². The fraction of sp³-hybridized carbons (Fsp3) is 0.333. The number of nitrogens with zero attached hydrogens (tertiary/aromatic N) is 2. The van der Waals surface area contributed by atoms with Crippen molar-refractivity contribution in [3.8, 4) is 22.8 Å². The van der Waals surface area contributed by atoms with E-state index in [-0.39, 0.29) is 5.75 Å². The molecule has 5 rings (SSSR count). The van der Waals surface area contributed by atoms with Crippen molar-refractivity contribution in [2.24, 2.45) is 0 Å². The molecule has 1 fully saturated rings. The third-order valence-electron chi connectivity index (χ3n) is 6.97. The molecule has 0 atom stereocenters. The first-order chi connectivity index (χ1) is 17.9. The Balaban J connectivity index is 1.35. The number of fused-ring (bicyclic) bond motifs is 1. The van der Waals surface area contributed by atoms with Crippen molar-refractivity contribution >= 4 is 10.9 Å². The summed E-state index contributed by atoms with van der Waals surface area (Å²) < 4.78 is 50.1. The number of benzene rings is 3. The van der Waals surface area contributed by atoms with Crippen molar-refractivity contribution in [1.82, 2.24) is 9.47 Å². The zero-order valence-corrected chi connectivity index (χ0v) is 20.9. The summed E-state index contributed by atoms with van der Waals surface area (Å²) in [6, 6.07) is 22.4. The standard InChI is InChI=1S/C30H31F3N2O2/c1-22-27-7-3-4-8-28(27)35(29(22)24-11-15-26(16-12-24)37-30(31,32)33)21-23-9-13-25(14-10-23)36-20-19-34-17-5-2-6-18-34/h3-4,7-16H,2,5-6,17-21H2,1H3. The molecule has 1 aliphatic rings. The van der Waals surface area contributed by atoms with E-state index in [9.17, 15) is 13.2 Å². The molecular formula is C30H31F3N2O2. The van der Waals surface area contributed by atoms with Crippen molar-refractivity contribution < 1.29 is 22.6 Å². The lowest BCUT2D eigenvalue weighted by molar-refractivity contribution is -0.274. The quantitative estimate of drug-likeness (QED) is 0.248. The highest BCUT2D eigenvalue weighted by Crippen LogP contribution is 2.35. The summed E-state index contributed by atoms with van der Waals surface area (Å²) >= 11 is 0. The molecule has 0 amide bonds. The van der Waals surface area contributed by atoms with Crippen molar-refractivity contribution in [1.29, 1.82) is 0 Å². The van der Waals surface area contributed by atoms with E-state index in [0.29, 0.717) is 13.2 Å². The molecule has 37 heavy (non-hydrogen) atoms. The molecule has 4 aromatic rings. The molecule has 1 aromatic heterocycles. The first-order valence-corrected chi connectivity index (χ1v) is 12.8. The number of ether oxygens (including phenoxy) is 2. The SMILES string of the molecule is Cc1c(-c2ccc(OC(F)(F)F)cc2)n(Cc2ccc(OCCN3CCCCC3)cc2)c2ccccc12. The minimum atomic E-state index is -4.71. The topological polar surface area (TPSA) is 26.6 Å². The second kappa shape index (κ2) is 10.9. The summed E-state index contributed by atoms with van der Waals surface area (Å²) in [7, 11) is 0. The van der Waals surface area contributed by atoms with Gasteiger partial charge in [0.25, 0.3) is 0 Å². The molecule has 0 N–H and O–H groups in total. The van der Waals surface area contributed by atoms with E-state index in [2.05, 4.69) is 38.5 Å². The summed E-state index contributed by atoms with van der Waals surface area (Å²) in [4.78, 5) is 2.46. The van der Waals surface area contributed by atoms with Gasteiger partial charge in [0.1, 0.15) is 18.1 Å². The fourth-order valence-corrected chi connectivity index (χ4v) is 5.18. The van der Waals surface area contributed by atoms with E-state index < -0.39 is 6.36 Å². The van der Waals surface area contributed by atoms with Gasteiger partial charge in [-0.2, -0.15) is 0 Å². The van der Waals surface area contributed by atoms with Gasteiger partial charge in [0.2, 0.25) is 0 Å². The number of aromatic nitrogens is 1. The van der Waals surface area contributed by atoms with Crippen molar-refractivity contribution in [3.05, 3.63) is 83.9 Å². The summed E-state index contributed by atoms with van der Waals surface area (Å²) in [5.41, 5.74) is 5.08. The second-order valence-electron chi connectivity index (χ2n) is 9.54. The predicted molar refractivity (Wildman–Crippen MR) is 140 cm³/mol. The van der Waals surface area contributed by atoms with Gasteiger partial charge in [-0.3, -0.25) is 4.90 Å². The van der Waals surface area contributed by atoms with Crippen molar-refractivity contribution in [2.45, 2.75) is 39.1 Å². The zero-order chi connectivity index (χ0) is 25.8. The Morgan fingerprint density at radius 3 is 2.19 bits per heavy atom. The lowest BCUT2D eigenvalue weighted by Gasteiger charge is -2.26. The normalized spacial score (nSPS) is 14.7. The average molecular weight is 509 g/mol. The first-order valence-electron chi connectivity index (χ1n) is 12.8. The molecule has 0 saturated carbocycles. The minimum Gasteiger partial charge on any atom is -0.492 e. The number of para-hydroxylation sites is 1. The molecule has 1 saturated heterocycles. The predicted octanol–water partition coefficient (Wildman–Crippen LogP) is 7.43. The highest BCUT2D eigenvalue weighted by molar-refractivity contribution is 5.91. The van der Waals surface area contributed by atoms with E-state index in [1.54, 1.807) is 12.1 Å². The lowest BCUT2D eigenvalue weighted by Crippen LogP contribution is -2.33. The summed E-state index contributed by atoms with van der Waals surface area (Å²) in [5.74, 6) is 0.627. The van der Waals surface area contributed by atoms with Crippen LogP contribution in [-0.4, -0.2) is 42.1 Å². The number of piperidine rings is 1. The number of likely N-dealkylation sites (tertiary alicyclic amines) is 1. The number of halogens is 3. The molecule has 1 aliphatic heterocycles. The van der Waals surface area contributed by atoms with Gasteiger partial charge in [0.15, 0.2) is 0 Å². The second-order valence-corrected chi connectivity index (χ2v) is 9.54. The van der Waals surface area contributed by atoms with Gasteiger partial charge in [-0.1, -0.05) is 36.8 Å². The van der Waals surface area contributed by atoms with E-state index in [1.807, 2.05) is 31.2 Å². The Hall–Kier alpha value is -3.45. The number of aryl methyl sites for hydroxylation is 1. The zero-order valence-electron chi connectivity index (χ0n) is 20.9. The van der Waals surface area contributed by atoms with Crippen LogP contribution >= 0.6 is 0 Å². The molecule has 7 heteroatoms. The highest BCUT2D eigenvalue weighted by atomic mass is 19.4. The Labute approximate surface area is 215 Å². The van der Waals surface area contributed by atoms with Crippen molar-refractivity contribution in [3.63, 3.8) is 0 Å². The van der Waals surface area contributed by atoms with Crippen LogP contribution in [0.2, 0.25) is 0 Å². The summed E-state index contributed by atoms with van der Waals surface area (Å²) in [6.45, 7) is 6.62. The molecule has 0 unspecified atom stereocenters. The molecule has 4 nitrogen and oxygen atoms in total. The Kier molecular flexibility index (Phi) is 7.42.